The van der Waals surface area contributed by atoms with Crippen LogP contribution in [0.2, 0.25) is 0 Å². The van der Waals surface area contributed by atoms with Crippen LogP contribution in [0.25, 0.3) is 10.2 Å². The van der Waals surface area contributed by atoms with Crippen LogP contribution >= 0.6 is 11.3 Å². The lowest BCUT2D eigenvalue weighted by Crippen LogP contribution is -2.30. The number of para-hydroxylation sites is 1. The first-order valence-corrected chi connectivity index (χ1v) is 9.34. The van der Waals surface area contributed by atoms with Crippen LogP contribution in [0.15, 0.2) is 47.3 Å². The SMILES string of the molecule is CC(C)c1ccccc1O[C@H](C)C(=O)Nc1ccc2c(c1)sc(=O)n2C. The number of nitrogens with one attached hydrogen (secondary N) is 1. The second kappa shape index (κ2) is 7.33. The number of aryl methyl sites for hydroxylation is 1. The minimum Gasteiger partial charge on any atom is -0.481 e. The molecule has 0 unspecified atom stereocenters. The van der Waals surface area contributed by atoms with Crippen LogP contribution in [0, 0.1) is 0 Å². The summed E-state index contributed by atoms with van der Waals surface area (Å²) in [5.41, 5.74) is 2.58. The van der Waals surface area contributed by atoms with E-state index in [1.807, 2.05) is 36.4 Å². The molecule has 0 fully saturated rings. The molecule has 1 N–H and O–H groups in total. The van der Waals surface area contributed by atoms with Gasteiger partial charge in [0.15, 0.2) is 6.10 Å². The summed E-state index contributed by atoms with van der Waals surface area (Å²) < 4.78 is 8.33. The average molecular weight is 370 g/mol. The highest BCUT2D eigenvalue weighted by Gasteiger charge is 2.18. The Balaban J connectivity index is 1.74. The molecule has 0 radical (unpaired) electrons. The summed E-state index contributed by atoms with van der Waals surface area (Å²) in [6.45, 7) is 5.91. The number of rotatable bonds is 5. The van der Waals surface area contributed by atoms with Crippen molar-refractivity contribution in [2.75, 3.05) is 5.32 Å². The molecule has 136 valence electrons. The topological polar surface area (TPSA) is 60.3 Å². The number of carbonyl (C=O) groups excluding carboxylic acids is 1. The van der Waals surface area contributed by atoms with Crippen LogP contribution in [0.3, 0.4) is 0 Å². The van der Waals surface area contributed by atoms with Gasteiger partial charge in [-0.25, -0.2) is 0 Å². The molecule has 0 aliphatic carbocycles. The molecule has 1 atom stereocenters. The highest BCUT2D eigenvalue weighted by molar-refractivity contribution is 7.16. The van der Waals surface area contributed by atoms with Gasteiger partial charge in [-0.15, -0.1) is 0 Å². The fourth-order valence-corrected chi connectivity index (χ4v) is 3.68. The van der Waals surface area contributed by atoms with Crippen molar-refractivity contribution in [2.45, 2.75) is 32.8 Å². The predicted octanol–water partition coefficient (Wildman–Crippen LogP) is 4.13. The molecule has 0 aliphatic rings. The number of aromatic nitrogens is 1. The monoisotopic (exact) mass is 370 g/mol. The second-order valence-electron chi connectivity index (χ2n) is 6.55. The van der Waals surface area contributed by atoms with Gasteiger partial charge in [-0.05, 0) is 42.7 Å². The fraction of sp³-hybridized carbons (Fsp3) is 0.300. The second-order valence-corrected chi connectivity index (χ2v) is 7.54. The van der Waals surface area contributed by atoms with Crippen LogP contribution in [-0.4, -0.2) is 16.6 Å². The van der Waals surface area contributed by atoms with Gasteiger partial charge in [-0.1, -0.05) is 43.4 Å². The zero-order valence-electron chi connectivity index (χ0n) is 15.3. The first-order valence-electron chi connectivity index (χ1n) is 8.53. The molecule has 1 aromatic heterocycles. The minimum atomic E-state index is -0.639. The number of nitrogens with zero attached hydrogens (tertiary/aromatic N) is 1. The van der Waals surface area contributed by atoms with Gasteiger partial charge in [0, 0.05) is 12.7 Å². The summed E-state index contributed by atoms with van der Waals surface area (Å²) in [6, 6.07) is 13.2. The zero-order valence-corrected chi connectivity index (χ0v) is 16.1. The molecule has 3 rings (SSSR count). The third-order valence-electron chi connectivity index (χ3n) is 4.27. The summed E-state index contributed by atoms with van der Waals surface area (Å²) in [5.74, 6) is 0.804. The summed E-state index contributed by atoms with van der Waals surface area (Å²) in [4.78, 5) is 24.2. The normalized spacial score (nSPS) is 12.3. The van der Waals surface area contributed by atoms with Gasteiger partial charge in [-0.2, -0.15) is 0 Å². The maximum atomic E-state index is 12.5. The lowest BCUT2D eigenvalue weighted by atomic mass is 10.0. The maximum Gasteiger partial charge on any atom is 0.307 e. The average Bonchev–Trinajstić information content (AvgIpc) is 2.89. The predicted molar refractivity (Wildman–Crippen MR) is 106 cm³/mol. The van der Waals surface area contributed by atoms with Gasteiger partial charge in [0.25, 0.3) is 5.91 Å². The Morgan fingerprint density at radius 2 is 1.88 bits per heavy atom. The summed E-state index contributed by atoms with van der Waals surface area (Å²) in [7, 11) is 1.74. The van der Waals surface area contributed by atoms with Crippen LogP contribution in [0.5, 0.6) is 5.75 Å². The smallest absolute Gasteiger partial charge is 0.307 e. The highest BCUT2D eigenvalue weighted by Crippen LogP contribution is 2.27. The quantitative estimate of drug-likeness (QED) is 0.735. The van der Waals surface area contributed by atoms with Gasteiger partial charge < -0.3 is 14.6 Å². The molecule has 5 nitrogen and oxygen atoms in total. The number of benzene rings is 2. The molecule has 0 saturated heterocycles. The summed E-state index contributed by atoms with van der Waals surface area (Å²) in [6.07, 6.45) is -0.639. The fourth-order valence-electron chi connectivity index (χ4n) is 2.76. The Labute approximate surface area is 156 Å². The van der Waals surface area contributed by atoms with E-state index in [1.54, 1.807) is 24.6 Å². The molecule has 6 heteroatoms. The van der Waals surface area contributed by atoms with E-state index in [0.29, 0.717) is 11.6 Å². The van der Waals surface area contributed by atoms with E-state index < -0.39 is 6.10 Å². The van der Waals surface area contributed by atoms with Gasteiger partial charge in [-0.3, -0.25) is 9.59 Å². The van der Waals surface area contributed by atoms with E-state index in [0.717, 1.165) is 32.9 Å². The molecule has 0 spiro atoms. The Kier molecular flexibility index (Phi) is 5.13. The van der Waals surface area contributed by atoms with E-state index in [2.05, 4.69) is 19.2 Å². The number of thiazole rings is 1. The van der Waals surface area contributed by atoms with E-state index in [9.17, 15) is 9.59 Å². The Morgan fingerprint density at radius 3 is 2.62 bits per heavy atom. The zero-order chi connectivity index (χ0) is 18.8. The van der Waals surface area contributed by atoms with Crippen molar-refractivity contribution in [1.29, 1.82) is 0 Å². The van der Waals surface area contributed by atoms with E-state index in [4.69, 9.17) is 4.74 Å². The number of ether oxygens (including phenoxy) is 1. The molecular weight excluding hydrogens is 348 g/mol. The van der Waals surface area contributed by atoms with Gasteiger partial charge in [0.05, 0.1) is 10.2 Å². The maximum absolute atomic E-state index is 12.5. The summed E-state index contributed by atoms with van der Waals surface area (Å²) >= 11 is 1.16. The van der Waals surface area contributed by atoms with Crippen molar-refractivity contribution >= 4 is 33.1 Å². The molecule has 26 heavy (non-hydrogen) atoms. The molecule has 0 saturated carbocycles. The molecule has 0 bridgehead atoms. The number of anilines is 1. The Bertz CT molecular complexity index is 1000. The van der Waals surface area contributed by atoms with Gasteiger partial charge in [0.2, 0.25) is 0 Å². The minimum absolute atomic E-state index is 0.0227. The van der Waals surface area contributed by atoms with Gasteiger partial charge in [0.1, 0.15) is 5.75 Å². The first-order chi connectivity index (χ1) is 12.4. The molecule has 2 aromatic carbocycles. The molecule has 1 heterocycles. The van der Waals surface area contributed by atoms with Crippen molar-refractivity contribution in [1.82, 2.24) is 4.57 Å². The van der Waals surface area contributed by atoms with Crippen molar-refractivity contribution in [3.63, 3.8) is 0 Å². The highest BCUT2D eigenvalue weighted by atomic mass is 32.1. The molecule has 3 aromatic rings. The van der Waals surface area contributed by atoms with Crippen molar-refractivity contribution < 1.29 is 9.53 Å². The summed E-state index contributed by atoms with van der Waals surface area (Å²) in [5, 5.41) is 2.86. The van der Waals surface area contributed by atoms with Crippen LogP contribution in [0.4, 0.5) is 5.69 Å². The lowest BCUT2D eigenvalue weighted by molar-refractivity contribution is -0.122. The number of hydrogen-bond acceptors (Lipinski definition) is 4. The molecular formula is C20H22N2O3S. The van der Waals surface area contributed by atoms with Crippen LogP contribution < -0.4 is 14.9 Å². The number of carbonyl (C=O) groups is 1. The largest absolute Gasteiger partial charge is 0.481 e. The standard InChI is InChI=1S/C20H22N2O3S/c1-12(2)15-7-5-6-8-17(15)25-13(3)19(23)21-14-9-10-16-18(11-14)26-20(24)22(16)4/h5-13H,1-4H3,(H,21,23)/t13-/m1/s1. The Morgan fingerprint density at radius 1 is 1.15 bits per heavy atom. The molecule has 1 amide bonds. The van der Waals surface area contributed by atoms with Crippen LogP contribution in [0.1, 0.15) is 32.3 Å². The van der Waals surface area contributed by atoms with E-state index in [1.165, 1.54) is 0 Å². The Hall–Kier alpha value is -2.60. The third kappa shape index (κ3) is 3.65. The number of fused-ring (bicyclic) bond motifs is 1. The van der Waals surface area contributed by atoms with Crippen molar-refractivity contribution in [2.24, 2.45) is 7.05 Å². The van der Waals surface area contributed by atoms with Crippen molar-refractivity contribution in [3.05, 3.63) is 57.7 Å². The van der Waals surface area contributed by atoms with E-state index in [-0.39, 0.29) is 10.8 Å². The number of hydrogen-bond donors (Lipinski definition) is 1. The molecule has 0 aliphatic heterocycles. The van der Waals surface area contributed by atoms with Crippen LogP contribution in [-0.2, 0) is 11.8 Å². The van der Waals surface area contributed by atoms with Gasteiger partial charge >= 0.3 is 4.87 Å². The lowest BCUT2D eigenvalue weighted by Gasteiger charge is -2.18. The number of amides is 1. The first kappa shape index (κ1) is 18.2. The third-order valence-corrected chi connectivity index (χ3v) is 5.27. The van der Waals surface area contributed by atoms with Crippen molar-refractivity contribution in [3.8, 4) is 5.75 Å². The van der Waals surface area contributed by atoms with E-state index >= 15 is 0 Å².